The first kappa shape index (κ1) is 15.6. The van der Waals surface area contributed by atoms with E-state index in [0.29, 0.717) is 6.54 Å². The van der Waals surface area contributed by atoms with Crippen molar-refractivity contribution in [2.45, 2.75) is 31.6 Å². The summed E-state index contributed by atoms with van der Waals surface area (Å²) in [5.74, 6) is 0.102. The summed E-state index contributed by atoms with van der Waals surface area (Å²) in [5.41, 5.74) is 0.806. The molecule has 0 spiro atoms. The van der Waals surface area contributed by atoms with Crippen LogP contribution in [0.15, 0.2) is 24.3 Å². The molecule has 0 aromatic heterocycles. The molecule has 21 heavy (non-hydrogen) atoms. The molecule has 2 N–H and O–H groups in total. The van der Waals surface area contributed by atoms with Gasteiger partial charge in [-0.3, -0.25) is 4.79 Å². The maximum absolute atomic E-state index is 12.0. The molecule has 1 atom stereocenters. The highest BCUT2D eigenvalue weighted by molar-refractivity contribution is 5.81. The lowest BCUT2D eigenvalue weighted by Gasteiger charge is -2.12. The first-order valence-electron chi connectivity index (χ1n) is 6.74. The molecule has 1 fully saturated rings. The molecule has 0 bridgehead atoms. The van der Waals surface area contributed by atoms with Gasteiger partial charge in [-0.05, 0) is 37.1 Å². The van der Waals surface area contributed by atoms with E-state index in [1.54, 1.807) is 12.1 Å². The zero-order valence-electron chi connectivity index (χ0n) is 11.4. The smallest absolute Gasteiger partial charge is 0.422 e. The van der Waals surface area contributed by atoms with Gasteiger partial charge in [-0.1, -0.05) is 12.1 Å². The fourth-order valence-corrected chi connectivity index (χ4v) is 2.09. The molecule has 1 aliphatic rings. The van der Waals surface area contributed by atoms with Crippen LogP contribution in [0.25, 0.3) is 0 Å². The van der Waals surface area contributed by atoms with E-state index in [9.17, 15) is 18.0 Å². The van der Waals surface area contributed by atoms with Crippen molar-refractivity contribution in [3.63, 3.8) is 0 Å². The highest BCUT2D eigenvalue weighted by Gasteiger charge is 2.28. The molecule has 0 radical (unpaired) electrons. The molecule has 1 aromatic rings. The number of carbonyl (C=O) groups is 1. The second-order valence-corrected chi connectivity index (χ2v) is 4.91. The quantitative estimate of drug-likeness (QED) is 0.874. The van der Waals surface area contributed by atoms with E-state index >= 15 is 0 Å². The second-order valence-electron chi connectivity index (χ2n) is 4.91. The molecule has 0 saturated carbocycles. The van der Waals surface area contributed by atoms with Gasteiger partial charge in [0.2, 0.25) is 5.91 Å². The first-order valence-corrected chi connectivity index (χ1v) is 6.74. The lowest BCUT2D eigenvalue weighted by molar-refractivity contribution is -0.153. The van der Waals surface area contributed by atoms with Crippen LogP contribution in [0.4, 0.5) is 13.2 Å². The number of alkyl halides is 3. The van der Waals surface area contributed by atoms with Crippen molar-refractivity contribution in [1.82, 2.24) is 10.6 Å². The number of ether oxygens (including phenoxy) is 1. The number of rotatable bonds is 5. The monoisotopic (exact) mass is 302 g/mol. The van der Waals surface area contributed by atoms with Crippen molar-refractivity contribution in [2.24, 2.45) is 0 Å². The maximum Gasteiger partial charge on any atom is 0.422 e. The fraction of sp³-hybridized carbons (Fsp3) is 0.500. The van der Waals surface area contributed by atoms with Crippen LogP contribution in [0, 0.1) is 0 Å². The molecule has 0 aliphatic carbocycles. The van der Waals surface area contributed by atoms with Crippen LogP contribution in [0.1, 0.15) is 18.4 Å². The zero-order valence-corrected chi connectivity index (χ0v) is 11.4. The van der Waals surface area contributed by atoms with Crippen LogP contribution in [-0.4, -0.2) is 31.3 Å². The maximum atomic E-state index is 12.0. The van der Waals surface area contributed by atoms with Crippen molar-refractivity contribution in [3.8, 4) is 5.75 Å². The standard InChI is InChI=1S/C14H17F3N2O2/c15-14(16,17)9-21-11-5-3-10(4-6-11)8-19-13(20)12-2-1-7-18-12/h3-6,12,18H,1-2,7-9H2,(H,19,20). The zero-order chi connectivity index (χ0) is 15.3. The normalized spacial score (nSPS) is 18.5. The largest absolute Gasteiger partial charge is 0.484 e. The Kier molecular flexibility index (Phi) is 5.06. The van der Waals surface area contributed by atoms with E-state index in [2.05, 4.69) is 15.4 Å². The summed E-state index contributed by atoms with van der Waals surface area (Å²) in [5, 5.41) is 5.89. The summed E-state index contributed by atoms with van der Waals surface area (Å²) in [6.45, 7) is -0.115. The predicted molar refractivity (Wildman–Crippen MR) is 70.9 cm³/mol. The van der Waals surface area contributed by atoms with Crippen LogP contribution >= 0.6 is 0 Å². The van der Waals surface area contributed by atoms with Crippen LogP contribution in [0.2, 0.25) is 0 Å². The van der Waals surface area contributed by atoms with Gasteiger partial charge in [0.05, 0.1) is 6.04 Å². The van der Waals surface area contributed by atoms with Crippen LogP contribution in [0.3, 0.4) is 0 Å². The number of carbonyl (C=O) groups excluding carboxylic acids is 1. The highest BCUT2D eigenvalue weighted by Crippen LogP contribution is 2.18. The number of nitrogens with one attached hydrogen (secondary N) is 2. The fourth-order valence-electron chi connectivity index (χ4n) is 2.09. The molecular formula is C14H17F3N2O2. The number of benzene rings is 1. The Morgan fingerprint density at radius 3 is 2.62 bits per heavy atom. The summed E-state index contributed by atoms with van der Waals surface area (Å²) in [6, 6.07) is 6.05. The number of halogens is 3. The minimum atomic E-state index is -4.35. The Labute approximate surface area is 120 Å². The molecule has 2 rings (SSSR count). The van der Waals surface area contributed by atoms with Gasteiger partial charge in [0, 0.05) is 6.54 Å². The predicted octanol–water partition coefficient (Wildman–Crippen LogP) is 2.00. The molecule has 1 saturated heterocycles. The minimum absolute atomic E-state index is 0.0510. The molecule has 1 aromatic carbocycles. The van der Waals surface area contributed by atoms with Gasteiger partial charge in [0.25, 0.3) is 0 Å². The average Bonchev–Trinajstić information content (AvgIpc) is 2.97. The van der Waals surface area contributed by atoms with Crippen molar-refractivity contribution in [1.29, 1.82) is 0 Å². The van der Waals surface area contributed by atoms with Gasteiger partial charge < -0.3 is 15.4 Å². The molecular weight excluding hydrogens is 285 g/mol. The molecule has 1 heterocycles. The van der Waals surface area contributed by atoms with Gasteiger partial charge >= 0.3 is 6.18 Å². The number of hydrogen-bond donors (Lipinski definition) is 2. The van der Waals surface area contributed by atoms with Crippen molar-refractivity contribution in [2.75, 3.05) is 13.2 Å². The third-order valence-corrected chi connectivity index (χ3v) is 3.17. The summed E-state index contributed by atoms with van der Waals surface area (Å²) in [7, 11) is 0. The van der Waals surface area contributed by atoms with Crippen LogP contribution in [-0.2, 0) is 11.3 Å². The Morgan fingerprint density at radius 2 is 2.05 bits per heavy atom. The summed E-state index contributed by atoms with van der Waals surface area (Å²) in [6.07, 6.45) is -2.53. The topological polar surface area (TPSA) is 50.4 Å². The average molecular weight is 302 g/mol. The molecule has 1 amide bonds. The molecule has 4 nitrogen and oxygen atoms in total. The van der Waals surface area contributed by atoms with E-state index in [1.165, 1.54) is 12.1 Å². The summed E-state index contributed by atoms with van der Waals surface area (Å²) in [4.78, 5) is 11.8. The third-order valence-electron chi connectivity index (χ3n) is 3.17. The lowest BCUT2D eigenvalue weighted by Crippen LogP contribution is -2.39. The van der Waals surface area contributed by atoms with Gasteiger partial charge in [-0.2, -0.15) is 13.2 Å². The van der Waals surface area contributed by atoms with E-state index in [0.717, 1.165) is 24.9 Å². The van der Waals surface area contributed by atoms with Gasteiger partial charge in [0.1, 0.15) is 5.75 Å². The van der Waals surface area contributed by atoms with E-state index in [-0.39, 0.29) is 17.7 Å². The van der Waals surface area contributed by atoms with E-state index in [4.69, 9.17) is 0 Å². The van der Waals surface area contributed by atoms with Crippen molar-refractivity contribution in [3.05, 3.63) is 29.8 Å². The molecule has 7 heteroatoms. The molecule has 1 aliphatic heterocycles. The highest BCUT2D eigenvalue weighted by atomic mass is 19.4. The number of hydrogen-bond acceptors (Lipinski definition) is 3. The van der Waals surface area contributed by atoms with Crippen molar-refractivity contribution < 1.29 is 22.7 Å². The number of amides is 1. The summed E-state index contributed by atoms with van der Waals surface area (Å²) >= 11 is 0. The SMILES string of the molecule is O=C(NCc1ccc(OCC(F)(F)F)cc1)C1CCCN1. The minimum Gasteiger partial charge on any atom is -0.484 e. The molecule has 1 unspecified atom stereocenters. The van der Waals surface area contributed by atoms with Gasteiger partial charge in [-0.15, -0.1) is 0 Å². The first-order chi connectivity index (χ1) is 9.94. The van der Waals surface area contributed by atoms with Crippen molar-refractivity contribution >= 4 is 5.91 Å². The summed E-state index contributed by atoms with van der Waals surface area (Å²) < 4.78 is 40.6. The van der Waals surface area contributed by atoms with E-state index in [1.807, 2.05) is 0 Å². The Hall–Kier alpha value is -1.76. The van der Waals surface area contributed by atoms with Crippen LogP contribution in [0.5, 0.6) is 5.75 Å². The van der Waals surface area contributed by atoms with Gasteiger partial charge in [-0.25, -0.2) is 0 Å². The van der Waals surface area contributed by atoms with E-state index < -0.39 is 12.8 Å². The lowest BCUT2D eigenvalue weighted by atomic mass is 10.2. The third kappa shape index (κ3) is 5.26. The Balaban J connectivity index is 1.78. The second kappa shape index (κ2) is 6.80. The molecule has 116 valence electrons. The Bertz CT molecular complexity index is 468. The van der Waals surface area contributed by atoms with Gasteiger partial charge in [0.15, 0.2) is 6.61 Å². The Morgan fingerprint density at radius 1 is 1.33 bits per heavy atom. The van der Waals surface area contributed by atoms with Crippen LogP contribution < -0.4 is 15.4 Å².